The summed E-state index contributed by atoms with van der Waals surface area (Å²) in [6, 6.07) is 6.08. The molecule has 1 aromatic heterocycles. The van der Waals surface area contributed by atoms with E-state index in [9.17, 15) is 19.3 Å². The predicted octanol–water partition coefficient (Wildman–Crippen LogP) is 3.03. The van der Waals surface area contributed by atoms with E-state index in [1.807, 2.05) is 0 Å². The second-order valence-corrected chi connectivity index (χ2v) is 4.13. The van der Waals surface area contributed by atoms with Crippen LogP contribution in [0.1, 0.15) is 10.4 Å². The third kappa shape index (κ3) is 3.07. The molecular formula is C12H7ClFN3O3. The van der Waals surface area contributed by atoms with Crippen LogP contribution in [-0.4, -0.2) is 15.8 Å². The summed E-state index contributed by atoms with van der Waals surface area (Å²) in [6.45, 7) is 0. The minimum absolute atomic E-state index is 0.0418. The number of benzene rings is 1. The van der Waals surface area contributed by atoms with Crippen LogP contribution in [0.3, 0.4) is 0 Å². The van der Waals surface area contributed by atoms with Gasteiger partial charge in [0.25, 0.3) is 11.6 Å². The summed E-state index contributed by atoms with van der Waals surface area (Å²) in [7, 11) is 0. The van der Waals surface area contributed by atoms with Gasteiger partial charge in [0, 0.05) is 5.69 Å². The summed E-state index contributed by atoms with van der Waals surface area (Å²) in [5, 5.41) is 13.2. The molecule has 0 fully saturated rings. The van der Waals surface area contributed by atoms with E-state index in [2.05, 4.69) is 10.3 Å². The Morgan fingerprint density at radius 3 is 2.60 bits per heavy atom. The average molecular weight is 296 g/mol. The highest BCUT2D eigenvalue weighted by atomic mass is 35.5. The number of nitrogens with one attached hydrogen (secondary N) is 1. The van der Waals surface area contributed by atoms with E-state index in [4.69, 9.17) is 11.6 Å². The van der Waals surface area contributed by atoms with Gasteiger partial charge in [-0.05, 0) is 30.3 Å². The molecule has 0 aliphatic heterocycles. The summed E-state index contributed by atoms with van der Waals surface area (Å²) < 4.78 is 12.7. The minimum Gasteiger partial charge on any atom is -0.322 e. The highest BCUT2D eigenvalue weighted by Crippen LogP contribution is 2.21. The number of hydrogen-bond donors (Lipinski definition) is 1. The average Bonchev–Trinajstić information content (AvgIpc) is 2.41. The highest BCUT2D eigenvalue weighted by molar-refractivity contribution is 6.30. The SMILES string of the molecule is O=C(Nc1ccc(F)cc1)c1cc(Cl)ncc1[N+](=O)[O-]. The number of carbonyl (C=O) groups excluding carboxylic acids is 1. The Balaban J connectivity index is 2.31. The Labute approximate surface area is 117 Å². The number of amides is 1. The van der Waals surface area contributed by atoms with E-state index in [0.717, 1.165) is 24.4 Å². The summed E-state index contributed by atoms with van der Waals surface area (Å²) in [5.74, 6) is -1.19. The lowest BCUT2D eigenvalue weighted by atomic mass is 10.2. The molecule has 1 heterocycles. The molecule has 8 heteroatoms. The van der Waals surface area contributed by atoms with E-state index in [-0.39, 0.29) is 10.7 Å². The zero-order valence-corrected chi connectivity index (χ0v) is 10.6. The van der Waals surface area contributed by atoms with Gasteiger partial charge in [-0.1, -0.05) is 11.6 Å². The summed E-state index contributed by atoms with van der Waals surface area (Å²) in [5.41, 5.74) is -0.382. The molecule has 0 radical (unpaired) electrons. The normalized spacial score (nSPS) is 10.1. The topological polar surface area (TPSA) is 85.1 Å². The Morgan fingerprint density at radius 2 is 2.00 bits per heavy atom. The van der Waals surface area contributed by atoms with Crippen molar-refractivity contribution in [2.24, 2.45) is 0 Å². The van der Waals surface area contributed by atoms with Gasteiger partial charge in [0.1, 0.15) is 22.7 Å². The lowest BCUT2D eigenvalue weighted by molar-refractivity contribution is -0.385. The molecule has 0 aliphatic rings. The van der Waals surface area contributed by atoms with E-state index in [1.165, 1.54) is 12.1 Å². The van der Waals surface area contributed by atoms with Gasteiger partial charge in [-0.15, -0.1) is 0 Å². The quantitative estimate of drug-likeness (QED) is 0.536. The molecule has 2 aromatic rings. The monoisotopic (exact) mass is 295 g/mol. The van der Waals surface area contributed by atoms with Gasteiger partial charge in [-0.25, -0.2) is 9.37 Å². The lowest BCUT2D eigenvalue weighted by Gasteiger charge is -2.05. The fraction of sp³-hybridized carbons (Fsp3) is 0. The Kier molecular flexibility index (Phi) is 3.90. The van der Waals surface area contributed by atoms with Crippen molar-refractivity contribution in [3.8, 4) is 0 Å². The van der Waals surface area contributed by atoms with Gasteiger partial charge in [-0.3, -0.25) is 14.9 Å². The zero-order valence-electron chi connectivity index (χ0n) is 9.84. The van der Waals surface area contributed by atoms with Crippen LogP contribution < -0.4 is 5.32 Å². The van der Waals surface area contributed by atoms with Crippen molar-refractivity contribution >= 4 is 28.9 Å². The van der Waals surface area contributed by atoms with Crippen molar-refractivity contribution in [1.82, 2.24) is 4.98 Å². The molecule has 2 rings (SSSR count). The number of pyridine rings is 1. The molecule has 0 bridgehead atoms. The van der Waals surface area contributed by atoms with Crippen LogP contribution in [0.25, 0.3) is 0 Å². The number of halogens is 2. The largest absolute Gasteiger partial charge is 0.322 e. The van der Waals surface area contributed by atoms with Gasteiger partial charge in [0.15, 0.2) is 0 Å². The molecule has 20 heavy (non-hydrogen) atoms. The third-order valence-electron chi connectivity index (χ3n) is 2.39. The number of anilines is 1. The maximum absolute atomic E-state index is 12.7. The molecule has 1 aromatic carbocycles. The molecule has 0 saturated heterocycles. The van der Waals surface area contributed by atoms with Crippen molar-refractivity contribution in [1.29, 1.82) is 0 Å². The Hall–Kier alpha value is -2.54. The molecule has 0 spiro atoms. The fourth-order valence-corrected chi connectivity index (χ4v) is 1.64. The predicted molar refractivity (Wildman–Crippen MR) is 70.3 cm³/mol. The van der Waals surface area contributed by atoms with Crippen LogP contribution in [0, 0.1) is 15.9 Å². The van der Waals surface area contributed by atoms with Crippen molar-refractivity contribution in [3.63, 3.8) is 0 Å². The van der Waals surface area contributed by atoms with Crippen molar-refractivity contribution in [2.75, 3.05) is 5.32 Å². The van der Waals surface area contributed by atoms with Crippen LogP contribution in [-0.2, 0) is 0 Å². The molecule has 0 unspecified atom stereocenters. The first-order valence-electron chi connectivity index (χ1n) is 5.34. The first-order chi connectivity index (χ1) is 9.47. The van der Waals surface area contributed by atoms with Crippen molar-refractivity contribution in [3.05, 3.63) is 63.2 Å². The smallest absolute Gasteiger partial charge is 0.300 e. The Bertz CT molecular complexity index is 676. The van der Waals surface area contributed by atoms with Crippen LogP contribution in [0.15, 0.2) is 36.5 Å². The molecule has 102 valence electrons. The van der Waals surface area contributed by atoms with Gasteiger partial charge in [-0.2, -0.15) is 0 Å². The fourth-order valence-electron chi connectivity index (χ4n) is 1.48. The number of rotatable bonds is 3. The Morgan fingerprint density at radius 1 is 1.35 bits per heavy atom. The van der Waals surface area contributed by atoms with E-state index < -0.39 is 22.3 Å². The van der Waals surface area contributed by atoms with Crippen molar-refractivity contribution < 1.29 is 14.1 Å². The van der Waals surface area contributed by atoms with Gasteiger partial charge in [0.05, 0.1) is 4.92 Å². The number of aromatic nitrogens is 1. The molecule has 0 saturated carbocycles. The van der Waals surface area contributed by atoms with E-state index in [0.29, 0.717) is 5.69 Å². The summed E-state index contributed by atoms with van der Waals surface area (Å²) in [6.07, 6.45) is 0.905. The molecule has 1 amide bonds. The van der Waals surface area contributed by atoms with Crippen molar-refractivity contribution in [2.45, 2.75) is 0 Å². The molecule has 0 atom stereocenters. The second-order valence-electron chi connectivity index (χ2n) is 3.74. The van der Waals surface area contributed by atoms with Gasteiger partial charge < -0.3 is 5.32 Å². The van der Waals surface area contributed by atoms with Crippen LogP contribution >= 0.6 is 11.6 Å². The van der Waals surface area contributed by atoms with Crippen LogP contribution in [0.5, 0.6) is 0 Å². The highest BCUT2D eigenvalue weighted by Gasteiger charge is 2.21. The van der Waals surface area contributed by atoms with Gasteiger partial charge in [0.2, 0.25) is 0 Å². The second kappa shape index (κ2) is 5.62. The standard InChI is InChI=1S/C12H7ClFN3O3/c13-11-5-9(10(6-15-11)17(19)20)12(18)16-8-3-1-7(14)2-4-8/h1-6H,(H,16,18). The van der Waals surface area contributed by atoms with Crippen LogP contribution in [0.2, 0.25) is 5.15 Å². The van der Waals surface area contributed by atoms with Gasteiger partial charge >= 0.3 is 0 Å². The first kappa shape index (κ1) is 13.9. The first-order valence-corrected chi connectivity index (χ1v) is 5.72. The number of carbonyl (C=O) groups is 1. The maximum Gasteiger partial charge on any atom is 0.300 e. The van der Waals surface area contributed by atoms with E-state index in [1.54, 1.807) is 0 Å². The third-order valence-corrected chi connectivity index (χ3v) is 2.60. The molecular weight excluding hydrogens is 289 g/mol. The molecule has 1 N–H and O–H groups in total. The number of nitrogens with zero attached hydrogens (tertiary/aromatic N) is 2. The van der Waals surface area contributed by atoms with Crippen LogP contribution in [0.4, 0.5) is 15.8 Å². The maximum atomic E-state index is 12.7. The molecule has 0 aliphatic carbocycles. The zero-order chi connectivity index (χ0) is 14.7. The number of nitro groups is 1. The summed E-state index contributed by atoms with van der Waals surface area (Å²) >= 11 is 5.63. The minimum atomic E-state index is -0.733. The number of hydrogen-bond acceptors (Lipinski definition) is 4. The van der Waals surface area contributed by atoms with E-state index >= 15 is 0 Å². The summed E-state index contributed by atoms with van der Waals surface area (Å²) in [4.78, 5) is 25.6. The molecule has 6 nitrogen and oxygen atoms in total. The lowest BCUT2D eigenvalue weighted by Crippen LogP contribution is -2.14.